The van der Waals surface area contributed by atoms with Crippen LogP contribution < -0.4 is 0 Å². The van der Waals surface area contributed by atoms with Gasteiger partial charge in [0.1, 0.15) is 17.3 Å². The first-order valence-corrected chi connectivity index (χ1v) is 11.6. The van der Waals surface area contributed by atoms with Crippen LogP contribution in [-0.4, -0.2) is 0 Å². The van der Waals surface area contributed by atoms with Gasteiger partial charge < -0.3 is 13.6 Å². The van der Waals surface area contributed by atoms with E-state index in [1.165, 1.54) is 28.0 Å². The quantitative estimate of drug-likeness (QED) is 0.185. The Balaban J connectivity index is 1.86. The Morgan fingerprint density at radius 1 is 0.771 bits per heavy atom. The fraction of sp³-hybridized carbons (Fsp3) is 0.0625. The molecule has 0 N–H and O–H groups in total. The molecule has 0 saturated heterocycles. The van der Waals surface area contributed by atoms with Gasteiger partial charge in [0.2, 0.25) is 0 Å². The van der Waals surface area contributed by atoms with Crippen LogP contribution in [0.4, 0.5) is 0 Å². The van der Waals surface area contributed by atoms with Crippen LogP contribution in [0.25, 0.3) is 66.3 Å². The lowest BCUT2D eigenvalue weighted by Crippen LogP contribution is -1.96. The van der Waals surface area contributed by atoms with Crippen LogP contribution in [0.3, 0.4) is 0 Å². The molecule has 0 aliphatic rings. The van der Waals surface area contributed by atoms with E-state index in [0.717, 1.165) is 49.9 Å². The maximum Gasteiger partial charge on any atom is 0.134 e. The van der Waals surface area contributed by atoms with Gasteiger partial charge in [0, 0.05) is 16.7 Å². The van der Waals surface area contributed by atoms with Crippen LogP contribution >= 0.6 is 0 Å². The zero-order valence-electron chi connectivity index (χ0n) is 19.7. The first kappa shape index (κ1) is 21.1. The second-order valence-corrected chi connectivity index (χ2v) is 8.65. The summed E-state index contributed by atoms with van der Waals surface area (Å²) in [5, 5.41) is 6.85. The van der Waals surface area contributed by atoms with Crippen LogP contribution in [0.5, 0.6) is 0 Å². The van der Waals surface area contributed by atoms with Crippen LogP contribution in [0.2, 0.25) is 0 Å². The van der Waals surface area contributed by atoms with Crippen molar-refractivity contribution in [3.05, 3.63) is 110 Å². The number of allylic oxidation sites excluding steroid dienone is 2. The van der Waals surface area contributed by atoms with Crippen molar-refractivity contribution >= 4 is 43.6 Å². The van der Waals surface area contributed by atoms with E-state index in [2.05, 4.69) is 69.5 Å². The third-order valence-corrected chi connectivity index (χ3v) is 6.86. The Morgan fingerprint density at radius 3 is 1.83 bits per heavy atom. The molecule has 2 heterocycles. The molecule has 0 atom stereocenters. The number of hydrogen-bond acceptors (Lipinski definition) is 3. The Bertz CT molecular complexity index is 1690. The number of ether oxygens (including phenoxy) is 1. The monoisotopic (exact) mass is 456 g/mol. The lowest BCUT2D eigenvalue weighted by atomic mass is 9.84. The van der Waals surface area contributed by atoms with Gasteiger partial charge >= 0.3 is 0 Å². The lowest BCUT2D eigenvalue weighted by Gasteiger charge is -2.20. The molecule has 0 fully saturated rings. The van der Waals surface area contributed by atoms with E-state index in [-0.39, 0.29) is 0 Å². The van der Waals surface area contributed by atoms with E-state index in [1.807, 2.05) is 24.3 Å². The van der Waals surface area contributed by atoms with Crippen molar-refractivity contribution in [1.82, 2.24) is 0 Å². The zero-order chi connectivity index (χ0) is 24.1. The molecule has 35 heavy (non-hydrogen) atoms. The fourth-order valence-corrected chi connectivity index (χ4v) is 5.14. The van der Waals surface area contributed by atoms with Crippen LogP contribution in [0, 0.1) is 0 Å². The molecule has 0 aliphatic heterocycles. The van der Waals surface area contributed by atoms with Crippen LogP contribution in [0.15, 0.2) is 108 Å². The van der Waals surface area contributed by atoms with Gasteiger partial charge in [-0.25, -0.2) is 0 Å². The number of furan rings is 2. The highest BCUT2D eigenvalue weighted by molar-refractivity contribution is 6.30. The average molecular weight is 457 g/mol. The van der Waals surface area contributed by atoms with Crippen molar-refractivity contribution in [2.45, 2.75) is 13.8 Å². The summed E-state index contributed by atoms with van der Waals surface area (Å²) >= 11 is 0. The predicted octanol–water partition coefficient (Wildman–Crippen LogP) is 9.66. The van der Waals surface area contributed by atoms with Gasteiger partial charge in [-0.3, -0.25) is 0 Å². The number of rotatable bonds is 6. The average Bonchev–Trinajstić information content (AvgIpc) is 3.61. The lowest BCUT2D eigenvalue weighted by molar-refractivity contribution is 0.441. The van der Waals surface area contributed by atoms with Gasteiger partial charge in [-0.15, -0.1) is 0 Å². The molecule has 0 radical (unpaired) electrons. The molecular weight excluding hydrogens is 432 g/mol. The summed E-state index contributed by atoms with van der Waals surface area (Å²) in [6, 6.07) is 20.9. The van der Waals surface area contributed by atoms with Crippen molar-refractivity contribution in [2.75, 3.05) is 0 Å². The standard InChI is InChI=1S/C32H24O3/c1-5-19(3)25-17-26(20(4)33-6-2)22-12-14-24-28(30-10-8-16-35-30)18-27(29-9-7-15-34-29)23-13-11-21(25)31(22)32(23)24/h5-18H,2,4H2,1,3H3. The molecule has 0 bridgehead atoms. The Morgan fingerprint density at radius 2 is 1.31 bits per heavy atom. The first-order valence-electron chi connectivity index (χ1n) is 11.6. The van der Waals surface area contributed by atoms with Gasteiger partial charge in [0.15, 0.2) is 0 Å². The molecule has 6 rings (SSSR count). The van der Waals surface area contributed by atoms with Gasteiger partial charge in [-0.05, 0) is 93.7 Å². The second kappa shape index (κ2) is 8.07. The van der Waals surface area contributed by atoms with E-state index in [0.29, 0.717) is 5.76 Å². The molecule has 2 aromatic heterocycles. The van der Waals surface area contributed by atoms with Crippen molar-refractivity contribution < 1.29 is 13.6 Å². The van der Waals surface area contributed by atoms with E-state index in [1.54, 1.807) is 12.5 Å². The van der Waals surface area contributed by atoms with Crippen molar-refractivity contribution in [3.63, 3.8) is 0 Å². The summed E-state index contributed by atoms with van der Waals surface area (Å²) in [6.45, 7) is 12.1. The van der Waals surface area contributed by atoms with E-state index >= 15 is 0 Å². The minimum atomic E-state index is 0.570. The van der Waals surface area contributed by atoms with E-state index in [4.69, 9.17) is 13.6 Å². The highest BCUT2D eigenvalue weighted by atomic mass is 16.5. The topological polar surface area (TPSA) is 35.5 Å². The summed E-state index contributed by atoms with van der Waals surface area (Å²) in [5.74, 6) is 2.21. The molecule has 0 amide bonds. The summed E-state index contributed by atoms with van der Waals surface area (Å²) in [5.41, 5.74) is 5.35. The molecule has 0 spiro atoms. The molecule has 3 heteroatoms. The Labute approximate surface area is 203 Å². The fourth-order valence-electron chi connectivity index (χ4n) is 5.14. The third-order valence-electron chi connectivity index (χ3n) is 6.86. The minimum absolute atomic E-state index is 0.570. The number of benzene rings is 4. The van der Waals surface area contributed by atoms with Gasteiger partial charge in [0.05, 0.1) is 18.8 Å². The highest BCUT2D eigenvalue weighted by Gasteiger charge is 2.22. The van der Waals surface area contributed by atoms with Crippen LogP contribution in [-0.2, 0) is 4.74 Å². The maximum atomic E-state index is 5.87. The molecule has 0 unspecified atom stereocenters. The van der Waals surface area contributed by atoms with Gasteiger partial charge in [-0.1, -0.05) is 43.5 Å². The summed E-state index contributed by atoms with van der Waals surface area (Å²) in [6.07, 6.45) is 6.98. The molecule has 3 nitrogen and oxygen atoms in total. The summed E-state index contributed by atoms with van der Waals surface area (Å²) in [4.78, 5) is 0. The molecule has 170 valence electrons. The molecular formula is C32H24O3. The van der Waals surface area contributed by atoms with Gasteiger partial charge in [-0.2, -0.15) is 0 Å². The van der Waals surface area contributed by atoms with E-state index < -0.39 is 0 Å². The highest BCUT2D eigenvalue weighted by Crippen LogP contribution is 2.47. The van der Waals surface area contributed by atoms with Crippen molar-refractivity contribution in [2.24, 2.45) is 0 Å². The van der Waals surface area contributed by atoms with Crippen molar-refractivity contribution in [1.29, 1.82) is 0 Å². The minimum Gasteiger partial charge on any atom is -0.466 e. The Hall–Kier alpha value is -4.50. The van der Waals surface area contributed by atoms with Gasteiger partial charge in [0.25, 0.3) is 0 Å². The first-order chi connectivity index (χ1) is 17.1. The molecule has 0 aliphatic carbocycles. The predicted molar refractivity (Wildman–Crippen MR) is 145 cm³/mol. The normalized spacial score (nSPS) is 12.1. The maximum absolute atomic E-state index is 5.87. The molecule has 0 saturated carbocycles. The zero-order valence-corrected chi connectivity index (χ0v) is 19.7. The second-order valence-electron chi connectivity index (χ2n) is 8.65. The molecule has 6 aromatic rings. The Kier molecular flexibility index (Phi) is 4.85. The van der Waals surface area contributed by atoms with Crippen LogP contribution in [0.1, 0.15) is 25.0 Å². The third kappa shape index (κ3) is 3.12. The van der Waals surface area contributed by atoms with E-state index in [9.17, 15) is 0 Å². The van der Waals surface area contributed by atoms with Crippen molar-refractivity contribution in [3.8, 4) is 22.6 Å². The smallest absolute Gasteiger partial charge is 0.134 e. The SMILES string of the molecule is C=COC(=C)c1cc(C(C)=CC)c2ccc3c(-c4ccco4)cc(-c4ccco4)c4ccc1c2c43. The molecule has 4 aromatic carbocycles. The summed E-state index contributed by atoms with van der Waals surface area (Å²) in [7, 11) is 0. The summed E-state index contributed by atoms with van der Waals surface area (Å²) < 4.78 is 17.4. The largest absolute Gasteiger partial charge is 0.466 e. The number of hydrogen-bond donors (Lipinski definition) is 0.